The second kappa shape index (κ2) is 8.06. The van der Waals surface area contributed by atoms with Crippen LogP contribution in [0.25, 0.3) is 0 Å². The van der Waals surface area contributed by atoms with Crippen LogP contribution in [0.4, 0.5) is 0 Å². The van der Waals surface area contributed by atoms with Crippen LogP contribution < -0.4 is 5.32 Å². The number of nitrogens with one attached hydrogen (secondary N) is 1. The van der Waals surface area contributed by atoms with Crippen molar-refractivity contribution in [2.24, 2.45) is 0 Å². The Balaban J connectivity index is 1.74. The van der Waals surface area contributed by atoms with Crippen LogP contribution in [0.15, 0.2) is 29.2 Å². The fourth-order valence-electron chi connectivity index (χ4n) is 3.89. The molecule has 1 amide bonds. The summed E-state index contributed by atoms with van der Waals surface area (Å²) in [7, 11) is -1.84. The van der Waals surface area contributed by atoms with E-state index in [4.69, 9.17) is 0 Å². The first kappa shape index (κ1) is 19.3. The van der Waals surface area contributed by atoms with Crippen LogP contribution in [-0.4, -0.2) is 62.3 Å². The van der Waals surface area contributed by atoms with Crippen molar-refractivity contribution in [3.63, 3.8) is 0 Å². The molecule has 1 aliphatic heterocycles. The van der Waals surface area contributed by atoms with E-state index in [1.54, 1.807) is 31.3 Å². The van der Waals surface area contributed by atoms with Gasteiger partial charge in [0.2, 0.25) is 10.0 Å². The molecule has 1 heterocycles. The van der Waals surface area contributed by atoms with Gasteiger partial charge >= 0.3 is 0 Å². The molecule has 1 atom stereocenters. The summed E-state index contributed by atoms with van der Waals surface area (Å²) < 4.78 is 27.3. The number of amides is 1. The Morgan fingerprint density at radius 3 is 2.42 bits per heavy atom. The molecule has 1 aliphatic carbocycles. The number of rotatable bonds is 4. The number of carbonyl (C=O) groups is 1. The third kappa shape index (κ3) is 3.94. The summed E-state index contributed by atoms with van der Waals surface area (Å²) in [6, 6.07) is 6.62. The molecule has 1 N–H and O–H groups in total. The van der Waals surface area contributed by atoms with Crippen molar-refractivity contribution in [2.45, 2.75) is 56.0 Å². The lowest BCUT2D eigenvalue weighted by molar-refractivity contribution is 0.0655. The zero-order chi connectivity index (χ0) is 18.7. The van der Waals surface area contributed by atoms with Crippen LogP contribution in [0.1, 0.15) is 49.4 Å². The van der Waals surface area contributed by atoms with Gasteiger partial charge in [-0.15, -0.1) is 0 Å². The van der Waals surface area contributed by atoms with E-state index in [0.29, 0.717) is 12.1 Å². The van der Waals surface area contributed by atoms with Crippen molar-refractivity contribution in [2.75, 3.05) is 26.7 Å². The van der Waals surface area contributed by atoms with Gasteiger partial charge in [0.25, 0.3) is 5.91 Å². The molecule has 2 fully saturated rings. The topological polar surface area (TPSA) is 69.7 Å². The first-order valence-electron chi connectivity index (χ1n) is 9.51. The monoisotopic (exact) mass is 379 g/mol. The molecule has 3 rings (SSSR count). The van der Waals surface area contributed by atoms with Crippen LogP contribution in [0.5, 0.6) is 0 Å². The Morgan fingerprint density at radius 2 is 1.81 bits per heavy atom. The van der Waals surface area contributed by atoms with Crippen LogP contribution in [0, 0.1) is 0 Å². The van der Waals surface area contributed by atoms with E-state index >= 15 is 0 Å². The fraction of sp³-hybridized carbons (Fsp3) is 0.632. The van der Waals surface area contributed by atoms with E-state index in [1.165, 1.54) is 10.7 Å². The quantitative estimate of drug-likeness (QED) is 0.870. The molecule has 1 saturated carbocycles. The Hall–Kier alpha value is -1.44. The van der Waals surface area contributed by atoms with Gasteiger partial charge in [-0.3, -0.25) is 4.79 Å². The SMILES string of the molecule is C[C@H]1CNCCN1C(=O)c1ccc(S(=O)(=O)N(C)C2CCCCC2)cc1. The number of carbonyl (C=O) groups excluding carboxylic acids is 1. The Kier molecular flexibility index (Phi) is 5.99. The molecule has 26 heavy (non-hydrogen) atoms. The van der Waals surface area contributed by atoms with Crippen molar-refractivity contribution in [3.05, 3.63) is 29.8 Å². The number of benzene rings is 1. The highest BCUT2D eigenvalue weighted by atomic mass is 32.2. The summed E-state index contributed by atoms with van der Waals surface area (Å²) in [5.41, 5.74) is 0.540. The average molecular weight is 380 g/mol. The minimum atomic E-state index is -3.52. The van der Waals surface area contributed by atoms with E-state index in [2.05, 4.69) is 5.32 Å². The number of hydrogen-bond acceptors (Lipinski definition) is 4. The zero-order valence-electron chi connectivity index (χ0n) is 15.6. The average Bonchev–Trinajstić information content (AvgIpc) is 2.68. The van der Waals surface area contributed by atoms with Crippen molar-refractivity contribution >= 4 is 15.9 Å². The van der Waals surface area contributed by atoms with Crippen molar-refractivity contribution < 1.29 is 13.2 Å². The van der Waals surface area contributed by atoms with Gasteiger partial charge in [-0.25, -0.2) is 8.42 Å². The fourth-order valence-corrected chi connectivity index (χ4v) is 5.30. The highest BCUT2D eigenvalue weighted by molar-refractivity contribution is 7.89. The van der Waals surface area contributed by atoms with Crippen molar-refractivity contribution in [3.8, 4) is 0 Å². The molecule has 1 saturated heterocycles. The van der Waals surface area contributed by atoms with E-state index in [1.807, 2.05) is 11.8 Å². The van der Waals surface area contributed by atoms with Crippen LogP contribution >= 0.6 is 0 Å². The molecule has 0 radical (unpaired) electrons. The summed E-state index contributed by atoms with van der Waals surface area (Å²) in [5, 5.41) is 3.26. The summed E-state index contributed by atoms with van der Waals surface area (Å²) in [4.78, 5) is 14.8. The maximum absolute atomic E-state index is 12.9. The van der Waals surface area contributed by atoms with Gasteiger partial charge in [-0.2, -0.15) is 4.31 Å². The normalized spacial score (nSPS) is 22.6. The molecular weight excluding hydrogens is 350 g/mol. The van der Waals surface area contributed by atoms with Crippen molar-refractivity contribution in [1.82, 2.24) is 14.5 Å². The Labute approximate surface area is 156 Å². The van der Waals surface area contributed by atoms with E-state index in [-0.39, 0.29) is 22.9 Å². The first-order valence-corrected chi connectivity index (χ1v) is 10.9. The third-order valence-electron chi connectivity index (χ3n) is 5.63. The first-order chi connectivity index (χ1) is 12.4. The van der Waals surface area contributed by atoms with Gasteiger partial charge in [0.05, 0.1) is 4.90 Å². The number of nitrogens with zero attached hydrogens (tertiary/aromatic N) is 2. The smallest absolute Gasteiger partial charge is 0.254 e. The molecule has 1 aromatic rings. The minimum absolute atomic E-state index is 0.0383. The van der Waals surface area contributed by atoms with E-state index < -0.39 is 10.0 Å². The molecule has 1 aromatic carbocycles. The molecule has 0 unspecified atom stereocenters. The second-order valence-corrected chi connectivity index (χ2v) is 9.39. The molecule has 6 nitrogen and oxygen atoms in total. The molecule has 0 aromatic heterocycles. The standard InChI is InChI=1S/C19H29N3O3S/c1-15-14-20-12-13-22(15)19(23)16-8-10-18(11-9-16)26(24,25)21(2)17-6-4-3-5-7-17/h8-11,15,17,20H,3-7,12-14H2,1-2H3/t15-/m0/s1. The van der Waals surface area contributed by atoms with Crippen molar-refractivity contribution in [1.29, 1.82) is 0 Å². The molecular formula is C19H29N3O3S. The number of sulfonamides is 1. The molecule has 0 bridgehead atoms. The van der Waals surface area contributed by atoms with Gasteiger partial charge in [0.1, 0.15) is 0 Å². The zero-order valence-corrected chi connectivity index (χ0v) is 16.5. The summed E-state index contributed by atoms with van der Waals surface area (Å²) >= 11 is 0. The van der Waals surface area contributed by atoms with Gasteiger partial charge in [-0.1, -0.05) is 19.3 Å². The highest BCUT2D eigenvalue weighted by Crippen LogP contribution is 2.26. The number of hydrogen-bond donors (Lipinski definition) is 1. The lowest BCUT2D eigenvalue weighted by atomic mass is 9.96. The predicted octanol–water partition coefficient (Wildman–Crippen LogP) is 2.07. The van der Waals surface area contributed by atoms with Crippen LogP contribution in [-0.2, 0) is 10.0 Å². The molecule has 2 aliphatic rings. The Bertz CT molecular complexity index is 727. The maximum Gasteiger partial charge on any atom is 0.254 e. The van der Waals surface area contributed by atoms with E-state index in [0.717, 1.165) is 38.8 Å². The predicted molar refractivity (Wildman–Crippen MR) is 102 cm³/mol. The van der Waals surface area contributed by atoms with Gasteiger partial charge in [0, 0.05) is 44.3 Å². The lowest BCUT2D eigenvalue weighted by Crippen LogP contribution is -2.52. The van der Waals surface area contributed by atoms with Gasteiger partial charge < -0.3 is 10.2 Å². The van der Waals surface area contributed by atoms with Gasteiger partial charge in [-0.05, 0) is 44.0 Å². The van der Waals surface area contributed by atoms with E-state index in [9.17, 15) is 13.2 Å². The molecule has 144 valence electrons. The summed E-state index contributed by atoms with van der Waals surface area (Å²) in [6.07, 6.45) is 5.20. The van der Waals surface area contributed by atoms with Gasteiger partial charge in [0.15, 0.2) is 0 Å². The molecule has 7 heteroatoms. The summed E-state index contributed by atoms with van der Waals surface area (Å²) in [5.74, 6) is -0.0383. The third-order valence-corrected chi connectivity index (χ3v) is 7.55. The summed E-state index contributed by atoms with van der Waals surface area (Å²) in [6.45, 7) is 4.26. The number of piperazine rings is 1. The molecule has 0 spiro atoms. The van der Waals surface area contributed by atoms with Crippen LogP contribution in [0.3, 0.4) is 0 Å². The lowest BCUT2D eigenvalue weighted by Gasteiger charge is -2.34. The second-order valence-electron chi connectivity index (χ2n) is 7.39. The van der Waals surface area contributed by atoms with Crippen LogP contribution in [0.2, 0.25) is 0 Å². The maximum atomic E-state index is 12.9. The Morgan fingerprint density at radius 1 is 1.15 bits per heavy atom. The minimum Gasteiger partial charge on any atom is -0.333 e. The largest absolute Gasteiger partial charge is 0.333 e. The highest BCUT2D eigenvalue weighted by Gasteiger charge is 2.29.